The third-order valence-corrected chi connectivity index (χ3v) is 5.19. The summed E-state index contributed by atoms with van der Waals surface area (Å²) in [6, 6.07) is 14.2. The number of hydrogen-bond acceptors (Lipinski definition) is 4. The van der Waals surface area contributed by atoms with Gasteiger partial charge in [-0.3, -0.25) is 10.1 Å². The molecule has 3 amide bonds. The number of nitrogens with zero attached hydrogens (tertiary/aromatic N) is 1. The van der Waals surface area contributed by atoms with Gasteiger partial charge in [0.25, 0.3) is 5.91 Å². The highest BCUT2D eigenvalue weighted by Crippen LogP contribution is 2.26. The van der Waals surface area contributed by atoms with Gasteiger partial charge >= 0.3 is 6.03 Å². The maximum Gasteiger partial charge on any atom is 0.319 e. The van der Waals surface area contributed by atoms with Gasteiger partial charge in [0.15, 0.2) is 5.13 Å². The lowest BCUT2D eigenvalue weighted by Gasteiger charge is -2.07. The molecule has 28 heavy (non-hydrogen) atoms. The minimum atomic E-state index is -0.258. The van der Waals surface area contributed by atoms with Crippen molar-refractivity contribution in [2.75, 3.05) is 10.6 Å². The van der Waals surface area contributed by atoms with Crippen molar-refractivity contribution in [3.8, 4) is 11.3 Å². The molecule has 3 aromatic rings. The van der Waals surface area contributed by atoms with Gasteiger partial charge in [0, 0.05) is 33.3 Å². The standard InChI is InChI=1S/C20H17ClN4O2S/c21-14-5-1-12(2-6-14)17-11-28-20(24-17)25-18(26)13-3-7-15(8-4-13)22-19(27)23-16-9-10-16/h1-8,11,16H,9-10H2,(H2,22,23,27)(H,24,25,26). The van der Waals surface area contributed by atoms with Gasteiger partial charge in [-0.2, -0.15) is 0 Å². The molecule has 1 heterocycles. The van der Waals surface area contributed by atoms with Crippen LogP contribution >= 0.6 is 22.9 Å². The van der Waals surface area contributed by atoms with Crippen molar-refractivity contribution in [3.05, 3.63) is 64.5 Å². The number of nitrogens with one attached hydrogen (secondary N) is 3. The molecule has 1 aliphatic carbocycles. The second kappa shape index (κ2) is 8.00. The van der Waals surface area contributed by atoms with Gasteiger partial charge in [0.2, 0.25) is 0 Å². The van der Waals surface area contributed by atoms with Gasteiger partial charge < -0.3 is 10.6 Å². The zero-order valence-electron chi connectivity index (χ0n) is 14.7. The quantitative estimate of drug-likeness (QED) is 0.551. The molecule has 1 saturated carbocycles. The lowest BCUT2D eigenvalue weighted by atomic mass is 10.2. The molecule has 1 aliphatic rings. The highest BCUT2D eigenvalue weighted by atomic mass is 35.5. The Hall–Kier alpha value is -2.90. The Morgan fingerprint density at radius 3 is 2.39 bits per heavy atom. The summed E-state index contributed by atoms with van der Waals surface area (Å²) in [4.78, 5) is 28.6. The Labute approximate surface area is 171 Å². The second-order valence-electron chi connectivity index (χ2n) is 6.45. The number of hydrogen-bond donors (Lipinski definition) is 3. The molecule has 0 aliphatic heterocycles. The van der Waals surface area contributed by atoms with Crippen LogP contribution in [0.4, 0.5) is 15.6 Å². The summed E-state index contributed by atoms with van der Waals surface area (Å²) in [5.74, 6) is -0.258. The van der Waals surface area contributed by atoms with Crippen LogP contribution in [0.25, 0.3) is 11.3 Å². The van der Waals surface area contributed by atoms with Crippen molar-refractivity contribution >= 4 is 45.7 Å². The zero-order chi connectivity index (χ0) is 19.5. The third kappa shape index (κ3) is 4.68. The fourth-order valence-electron chi connectivity index (χ4n) is 2.54. The van der Waals surface area contributed by atoms with Gasteiger partial charge in [-0.05, 0) is 49.2 Å². The Balaban J connectivity index is 1.36. The number of thiazole rings is 1. The molecular formula is C20H17ClN4O2S. The Morgan fingerprint density at radius 2 is 1.71 bits per heavy atom. The molecule has 0 saturated heterocycles. The van der Waals surface area contributed by atoms with E-state index >= 15 is 0 Å². The maximum absolute atomic E-state index is 12.4. The molecule has 0 atom stereocenters. The molecule has 0 bridgehead atoms. The summed E-state index contributed by atoms with van der Waals surface area (Å²) in [7, 11) is 0. The van der Waals surface area contributed by atoms with Crippen LogP contribution in [0.15, 0.2) is 53.9 Å². The highest BCUT2D eigenvalue weighted by molar-refractivity contribution is 7.14. The van der Waals surface area contributed by atoms with Crippen LogP contribution in [0.1, 0.15) is 23.2 Å². The van der Waals surface area contributed by atoms with E-state index < -0.39 is 0 Å². The van der Waals surface area contributed by atoms with Crippen molar-refractivity contribution in [2.45, 2.75) is 18.9 Å². The minimum absolute atomic E-state index is 0.225. The largest absolute Gasteiger partial charge is 0.335 e. The van der Waals surface area contributed by atoms with Crippen LogP contribution in [0.2, 0.25) is 5.02 Å². The summed E-state index contributed by atoms with van der Waals surface area (Å²) < 4.78 is 0. The monoisotopic (exact) mass is 412 g/mol. The number of amides is 3. The lowest BCUT2D eigenvalue weighted by molar-refractivity contribution is 0.102. The van der Waals surface area contributed by atoms with Crippen LogP contribution in [0, 0.1) is 0 Å². The van der Waals surface area contributed by atoms with Crippen molar-refractivity contribution in [1.29, 1.82) is 0 Å². The van der Waals surface area contributed by atoms with Crippen molar-refractivity contribution in [1.82, 2.24) is 10.3 Å². The van der Waals surface area contributed by atoms with Crippen LogP contribution in [-0.4, -0.2) is 23.0 Å². The number of anilines is 2. The lowest BCUT2D eigenvalue weighted by Crippen LogP contribution is -2.30. The minimum Gasteiger partial charge on any atom is -0.335 e. The van der Waals surface area contributed by atoms with Crippen molar-refractivity contribution in [2.24, 2.45) is 0 Å². The average Bonchev–Trinajstić information content (AvgIpc) is 3.37. The van der Waals surface area contributed by atoms with E-state index in [0.717, 1.165) is 24.1 Å². The van der Waals surface area contributed by atoms with Gasteiger partial charge in [-0.1, -0.05) is 23.7 Å². The number of benzene rings is 2. The van der Waals surface area contributed by atoms with Crippen LogP contribution in [-0.2, 0) is 0 Å². The van der Waals surface area contributed by atoms with E-state index in [0.29, 0.717) is 27.4 Å². The normalized spacial score (nSPS) is 13.0. The van der Waals surface area contributed by atoms with E-state index in [9.17, 15) is 9.59 Å². The topological polar surface area (TPSA) is 83.1 Å². The Bertz CT molecular complexity index is 998. The van der Waals surface area contributed by atoms with Gasteiger partial charge in [-0.15, -0.1) is 11.3 Å². The molecule has 142 valence electrons. The van der Waals surface area contributed by atoms with Gasteiger partial charge in [0.05, 0.1) is 5.69 Å². The molecule has 0 spiro atoms. The zero-order valence-corrected chi connectivity index (χ0v) is 16.3. The number of rotatable bonds is 5. The summed E-state index contributed by atoms with van der Waals surface area (Å²) >= 11 is 7.26. The number of carbonyl (C=O) groups is 2. The van der Waals surface area contributed by atoms with Crippen molar-refractivity contribution in [3.63, 3.8) is 0 Å². The SMILES string of the molecule is O=C(Nc1ccc(C(=O)Nc2nc(-c3ccc(Cl)cc3)cs2)cc1)NC1CC1. The van der Waals surface area contributed by atoms with E-state index in [1.54, 1.807) is 36.4 Å². The third-order valence-electron chi connectivity index (χ3n) is 4.18. The summed E-state index contributed by atoms with van der Waals surface area (Å²) in [5, 5.41) is 11.5. The molecular weight excluding hydrogens is 396 g/mol. The fourth-order valence-corrected chi connectivity index (χ4v) is 3.38. The highest BCUT2D eigenvalue weighted by Gasteiger charge is 2.23. The first-order valence-electron chi connectivity index (χ1n) is 8.77. The first-order valence-corrected chi connectivity index (χ1v) is 10.0. The predicted molar refractivity (Wildman–Crippen MR) is 112 cm³/mol. The van der Waals surface area contributed by atoms with Crippen LogP contribution in [0.3, 0.4) is 0 Å². The predicted octanol–water partition coefficient (Wildman–Crippen LogP) is 5.00. The average molecular weight is 413 g/mol. The summed E-state index contributed by atoms with van der Waals surface area (Å²) in [6.45, 7) is 0. The van der Waals surface area contributed by atoms with Gasteiger partial charge in [0.1, 0.15) is 0 Å². The molecule has 0 radical (unpaired) electrons. The first-order chi connectivity index (χ1) is 13.6. The molecule has 0 unspecified atom stereocenters. The van der Waals surface area contributed by atoms with Crippen LogP contribution < -0.4 is 16.0 Å². The van der Waals surface area contributed by atoms with E-state index in [2.05, 4.69) is 20.9 Å². The molecule has 3 N–H and O–H groups in total. The fraction of sp³-hybridized carbons (Fsp3) is 0.150. The molecule has 1 fully saturated rings. The maximum atomic E-state index is 12.4. The summed E-state index contributed by atoms with van der Waals surface area (Å²) in [5.41, 5.74) is 2.82. The molecule has 1 aromatic heterocycles. The molecule has 2 aromatic carbocycles. The van der Waals surface area contributed by atoms with Crippen molar-refractivity contribution < 1.29 is 9.59 Å². The first kappa shape index (κ1) is 18.5. The Morgan fingerprint density at radius 1 is 1.00 bits per heavy atom. The Kier molecular flexibility index (Phi) is 5.27. The molecule has 4 rings (SSSR count). The summed E-state index contributed by atoms with van der Waals surface area (Å²) in [6.07, 6.45) is 2.06. The van der Waals surface area contributed by atoms with Gasteiger partial charge in [-0.25, -0.2) is 9.78 Å². The number of aromatic nitrogens is 1. The van der Waals surface area contributed by atoms with E-state index in [1.165, 1.54) is 11.3 Å². The van der Waals surface area contributed by atoms with E-state index in [4.69, 9.17) is 11.6 Å². The number of urea groups is 1. The number of halogens is 1. The molecule has 8 heteroatoms. The molecule has 6 nitrogen and oxygen atoms in total. The van der Waals surface area contributed by atoms with E-state index in [1.807, 2.05) is 17.5 Å². The second-order valence-corrected chi connectivity index (χ2v) is 7.74. The van der Waals surface area contributed by atoms with E-state index in [-0.39, 0.29) is 11.9 Å². The van der Waals surface area contributed by atoms with Crippen LogP contribution in [0.5, 0.6) is 0 Å². The smallest absolute Gasteiger partial charge is 0.319 e. The number of carbonyl (C=O) groups excluding carboxylic acids is 2.